The number of carbonyl (C=O) groups is 1. The van der Waals surface area contributed by atoms with E-state index < -0.39 is 23.6 Å². The normalized spacial score (nSPS) is 15.2. The molecule has 1 aliphatic rings. The molecule has 0 saturated carbocycles. The van der Waals surface area contributed by atoms with Crippen LogP contribution in [0, 0.1) is 11.6 Å². The van der Waals surface area contributed by atoms with Crippen LogP contribution in [0.2, 0.25) is 0 Å². The van der Waals surface area contributed by atoms with Gasteiger partial charge >= 0.3 is 0 Å². The van der Waals surface area contributed by atoms with Gasteiger partial charge in [0.05, 0.1) is 11.9 Å². The number of benzene rings is 1. The summed E-state index contributed by atoms with van der Waals surface area (Å²) < 4.78 is 27.4. The van der Waals surface area contributed by atoms with Crippen LogP contribution in [0.15, 0.2) is 48.8 Å². The molecule has 1 saturated heterocycles. The third kappa shape index (κ3) is 5.31. The van der Waals surface area contributed by atoms with Crippen molar-refractivity contribution in [2.45, 2.75) is 25.9 Å². The average molecular weight is 468 g/mol. The molecule has 7 nitrogen and oxygen atoms in total. The van der Waals surface area contributed by atoms with E-state index in [0.717, 1.165) is 53.9 Å². The van der Waals surface area contributed by atoms with Crippen LogP contribution >= 0.6 is 0 Å². The molecule has 1 aromatic carbocycles. The molecule has 0 bridgehead atoms. The molecule has 34 heavy (non-hydrogen) atoms. The van der Waals surface area contributed by atoms with Gasteiger partial charge in [0, 0.05) is 43.5 Å². The zero-order chi connectivity index (χ0) is 24.1. The van der Waals surface area contributed by atoms with E-state index in [9.17, 15) is 18.7 Å². The van der Waals surface area contributed by atoms with Crippen molar-refractivity contribution < 1.29 is 18.7 Å². The molecule has 9 heteroatoms. The second-order valence-electron chi connectivity index (χ2n) is 8.16. The molecule has 0 radical (unpaired) electrons. The highest BCUT2D eigenvalue weighted by atomic mass is 19.1. The van der Waals surface area contributed by atoms with Gasteiger partial charge in [-0.05, 0) is 42.8 Å². The third-order valence-electron chi connectivity index (χ3n) is 5.77. The molecule has 1 atom stereocenters. The van der Waals surface area contributed by atoms with E-state index in [1.54, 1.807) is 12.4 Å². The molecule has 3 aromatic rings. The standard InChI is InChI=1S/C25H27F2N5O2/c1-2-3-4-5-19-16-29-24(30-19)17-6-9-22(28-15-17)31-10-12-32(13-11-31)25(34)23(33)20-14-18(26)7-8-21(20)27/h4-9,14-16,23,33H,2-3,10-13H2,1H3,(H,29,30)/b5-4-. The van der Waals surface area contributed by atoms with Crippen LogP contribution in [-0.4, -0.2) is 57.0 Å². The van der Waals surface area contributed by atoms with Gasteiger partial charge in [-0.15, -0.1) is 0 Å². The van der Waals surface area contributed by atoms with Crippen LogP contribution in [0.25, 0.3) is 17.5 Å². The van der Waals surface area contributed by atoms with Gasteiger partial charge in [-0.3, -0.25) is 4.79 Å². The van der Waals surface area contributed by atoms with E-state index in [0.29, 0.717) is 26.2 Å². The van der Waals surface area contributed by atoms with Crippen molar-refractivity contribution in [2.75, 3.05) is 31.1 Å². The summed E-state index contributed by atoms with van der Waals surface area (Å²) >= 11 is 0. The van der Waals surface area contributed by atoms with Crippen molar-refractivity contribution in [2.24, 2.45) is 0 Å². The topological polar surface area (TPSA) is 85.3 Å². The number of aliphatic hydroxyl groups is 1. The molecule has 1 unspecified atom stereocenters. The summed E-state index contributed by atoms with van der Waals surface area (Å²) in [6.07, 6.45) is 8.03. The lowest BCUT2D eigenvalue weighted by atomic mass is 10.1. The Morgan fingerprint density at radius 3 is 2.65 bits per heavy atom. The van der Waals surface area contributed by atoms with E-state index in [1.807, 2.05) is 23.1 Å². The van der Waals surface area contributed by atoms with Crippen molar-refractivity contribution in [3.05, 3.63) is 71.7 Å². The molecular weight excluding hydrogens is 440 g/mol. The predicted octanol–water partition coefficient (Wildman–Crippen LogP) is 3.95. The smallest absolute Gasteiger partial charge is 0.256 e. The molecule has 0 spiro atoms. The number of carbonyl (C=O) groups excluding carboxylic acids is 1. The molecule has 0 aliphatic carbocycles. The molecule has 178 valence electrons. The minimum absolute atomic E-state index is 0.335. The van der Waals surface area contributed by atoms with E-state index in [-0.39, 0.29) is 5.56 Å². The molecule has 1 fully saturated rings. The Morgan fingerprint density at radius 2 is 1.94 bits per heavy atom. The van der Waals surface area contributed by atoms with Gasteiger partial charge in [0.25, 0.3) is 5.91 Å². The van der Waals surface area contributed by atoms with Crippen LogP contribution in [0.5, 0.6) is 0 Å². The van der Waals surface area contributed by atoms with E-state index in [1.165, 1.54) is 4.90 Å². The number of hydrogen-bond donors (Lipinski definition) is 2. The number of aliphatic hydroxyl groups excluding tert-OH is 1. The molecular formula is C25H27F2N5O2. The first-order chi connectivity index (χ1) is 16.5. The molecule has 4 rings (SSSR count). The lowest BCUT2D eigenvalue weighted by Crippen LogP contribution is -2.50. The number of halogens is 2. The molecule has 1 amide bonds. The average Bonchev–Trinajstić information content (AvgIpc) is 3.34. The molecule has 2 aromatic heterocycles. The second kappa shape index (κ2) is 10.6. The Morgan fingerprint density at radius 1 is 1.15 bits per heavy atom. The molecule has 1 aliphatic heterocycles. The van der Waals surface area contributed by atoms with E-state index >= 15 is 0 Å². The number of piperazine rings is 1. The first-order valence-electron chi connectivity index (χ1n) is 11.3. The molecule has 3 heterocycles. The number of unbranched alkanes of at least 4 members (excludes halogenated alkanes) is 1. The quantitative estimate of drug-likeness (QED) is 0.550. The SMILES string of the molecule is CCC/C=C\c1cnc(-c2ccc(N3CCN(C(=O)C(O)c4cc(F)ccc4F)CC3)nc2)[nH]1. The Balaban J connectivity index is 1.35. The number of pyridine rings is 1. The summed E-state index contributed by atoms with van der Waals surface area (Å²) in [6.45, 7) is 3.81. The van der Waals surface area contributed by atoms with Gasteiger partial charge in [-0.1, -0.05) is 19.4 Å². The van der Waals surface area contributed by atoms with Gasteiger partial charge < -0.3 is 19.9 Å². The van der Waals surface area contributed by atoms with E-state index in [4.69, 9.17) is 0 Å². The Labute approximate surface area is 196 Å². The first kappa shape index (κ1) is 23.6. The highest BCUT2D eigenvalue weighted by Crippen LogP contribution is 2.23. The first-order valence-corrected chi connectivity index (χ1v) is 11.3. The van der Waals surface area contributed by atoms with Crippen molar-refractivity contribution in [1.82, 2.24) is 19.9 Å². The summed E-state index contributed by atoms with van der Waals surface area (Å²) in [7, 11) is 0. The van der Waals surface area contributed by atoms with Crippen LogP contribution < -0.4 is 4.90 Å². The van der Waals surface area contributed by atoms with Gasteiger partial charge in [-0.25, -0.2) is 18.7 Å². The number of anilines is 1. The summed E-state index contributed by atoms with van der Waals surface area (Å²) in [5.41, 5.74) is 1.45. The van der Waals surface area contributed by atoms with Crippen molar-refractivity contribution in [1.29, 1.82) is 0 Å². The highest BCUT2D eigenvalue weighted by molar-refractivity contribution is 5.82. The summed E-state index contributed by atoms with van der Waals surface area (Å²) in [4.78, 5) is 28.3. The molecule has 2 N–H and O–H groups in total. The lowest BCUT2D eigenvalue weighted by Gasteiger charge is -2.36. The summed E-state index contributed by atoms with van der Waals surface area (Å²) in [5.74, 6) is -0.660. The zero-order valence-electron chi connectivity index (χ0n) is 18.9. The number of hydrogen-bond acceptors (Lipinski definition) is 5. The highest BCUT2D eigenvalue weighted by Gasteiger charge is 2.29. The summed E-state index contributed by atoms with van der Waals surface area (Å²) in [5, 5.41) is 10.3. The van der Waals surface area contributed by atoms with Gasteiger partial charge in [0.15, 0.2) is 6.10 Å². The van der Waals surface area contributed by atoms with E-state index in [2.05, 4.69) is 28.0 Å². The fourth-order valence-electron chi connectivity index (χ4n) is 3.84. The largest absolute Gasteiger partial charge is 0.378 e. The second-order valence-corrected chi connectivity index (χ2v) is 8.16. The van der Waals surface area contributed by atoms with Crippen LogP contribution in [0.1, 0.15) is 37.1 Å². The fraction of sp³-hybridized carbons (Fsp3) is 0.320. The maximum absolute atomic E-state index is 13.9. The number of H-pyrrole nitrogens is 1. The zero-order valence-corrected chi connectivity index (χ0v) is 18.9. The minimum Gasteiger partial charge on any atom is -0.378 e. The maximum Gasteiger partial charge on any atom is 0.256 e. The number of aromatic amines is 1. The summed E-state index contributed by atoms with van der Waals surface area (Å²) in [6, 6.07) is 6.54. The Bertz CT molecular complexity index is 1150. The number of aromatic nitrogens is 3. The fourth-order valence-corrected chi connectivity index (χ4v) is 3.84. The van der Waals surface area contributed by atoms with Crippen molar-refractivity contribution >= 4 is 17.8 Å². The lowest BCUT2D eigenvalue weighted by molar-refractivity contribution is -0.141. The van der Waals surface area contributed by atoms with Crippen LogP contribution in [-0.2, 0) is 4.79 Å². The van der Waals surface area contributed by atoms with Crippen LogP contribution in [0.4, 0.5) is 14.6 Å². The van der Waals surface area contributed by atoms with Crippen molar-refractivity contribution in [3.8, 4) is 11.4 Å². The van der Waals surface area contributed by atoms with Crippen LogP contribution in [0.3, 0.4) is 0 Å². The van der Waals surface area contributed by atoms with Gasteiger partial charge in [0.2, 0.25) is 0 Å². The predicted molar refractivity (Wildman–Crippen MR) is 126 cm³/mol. The maximum atomic E-state index is 13.9. The minimum atomic E-state index is -1.74. The Hall–Kier alpha value is -3.59. The number of nitrogens with zero attached hydrogens (tertiary/aromatic N) is 4. The van der Waals surface area contributed by atoms with Gasteiger partial charge in [-0.2, -0.15) is 0 Å². The monoisotopic (exact) mass is 467 g/mol. The van der Waals surface area contributed by atoms with Crippen molar-refractivity contribution in [3.63, 3.8) is 0 Å². The number of imidazole rings is 1. The number of amides is 1. The third-order valence-corrected chi connectivity index (χ3v) is 5.77. The van der Waals surface area contributed by atoms with Gasteiger partial charge in [0.1, 0.15) is 23.3 Å². The number of allylic oxidation sites excluding steroid dienone is 1. The Kier molecular flexibility index (Phi) is 7.32. The number of nitrogens with one attached hydrogen (secondary N) is 1. The number of rotatable bonds is 7.